The van der Waals surface area contributed by atoms with Crippen molar-refractivity contribution in [3.63, 3.8) is 0 Å². The molecule has 46 heavy (non-hydrogen) atoms. The molecule has 13 heteroatoms. The number of likely N-dealkylation sites (tertiary alicyclic amines) is 1. The number of Topliss-reactive ketones (excluding diaryl/α,β-unsaturated/α-hetero) is 1. The van der Waals surface area contributed by atoms with E-state index in [9.17, 15) is 28.8 Å². The smallest absolute Gasteiger partial charge is 0.407 e. The van der Waals surface area contributed by atoms with E-state index in [-0.39, 0.29) is 30.2 Å². The number of primary amides is 1. The molecule has 6 N–H and O–H groups in total. The second-order valence-electron chi connectivity index (χ2n) is 16.0. The highest BCUT2D eigenvalue weighted by molar-refractivity contribution is 6.37. The van der Waals surface area contributed by atoms with Crippen LogP contribution >= 0.6 is 0 Å². The normalized spacial score (nSPS) is 25.2. The summed E-state index contributed by atoms with van der Waals surface area (Å²) in [6, 6.07) is -3.32. The molecule has 1 saturated heterocycles. The number of ketones is 1. The second-order valence-corrected chi connectivity index (χ2v) is 16.0. The van der Waals surface area contributed by atoms with Crippen molar-refractivity contribution in [2.45, 2.75) is 135 Å². The predicted octanol–water partition coefficient (Wildman–Crippen LogP) is 2.50. The highest BCUT2D eigenvalue weighted by Gasteiger charge is 2.58. The van der Waals surface area contributed by atoms with Gasteiger partial charge in [-0.1, -0.05) is 59.3 Å². The molecule has 258 valence electrons. The zero-order valence-electron chi connectivity index (χ0n) is 28.3. The second kappa shape index (κ2) is 13.8. The maximum atomic E-state index is 14.2. The number of amides is 6. The SMILES string of the molecule is CC(C)(C)OC(=O)NCC1(NC(=O)N[C@H](C(=O)N2C[C@@H]3C[C@@H]3[C@H]2C(=O)N[C@H](CC2CCC2)C(=O)C(N)=O)C(C)(C)C)CCCCC1. The van der Waals surface area contributed by atoms with Crippen molar-refractivity contribution < 1.29 is 33.5 Å². The Bertz CT molecular complexity index is 1200. The van der Waals surface area contributed by atoms with Crippen LogP contribution in [0, 0.1) is 23.2 Å². The average Bonchev–Trinajstić information content (AvgIpc) is 3.58. The third-order valence-electron chi connectivity index (χ3n) is 9.92. The zero-order chi connectivity index (χ0) is 34.0. The minimum atomic E-state index is -1.09. The van der Waals surface area contributed by atoms with Crippen molar-refractivity contribution in [2.24, 2.45) is 28.9 Å². The Kier molecular flexibility index (Phi) is 10.6. The third kappa shape index (κ3) is 8.90. The Morgan fingerprint density at radius 3 is 2.13 bits per heavy atom. The standard InChI is InChI=1S/C33H54N6O7/c1-31(2,3)25(37-29(44)38-33(13-8-7-9-14-33)18-35-30(45)46-32(4,5)6)28(43)39-17-20-16-21(20)23(39)27(42)36-22(24(40)26(34)41)15-19-11-10-12-19/h19-23,25H,7-18H2,1-6H3,(H2,34,41)(H,35,45)(H,36,42)(H2,37,38,44)/t20-,21-,22+,23-,25+/m0/s1. The predicted molar refractivity (Wildman–Crippen MR) is 170 cm³/mol. The molecule has 0 radical (unpaired) electrons. The number of nitrogens with two attached hydrogens (primary N) is 1. The van der Waals surface area contributed by atoms with Gasteiger partial charge in [0.25, 0.3) is 5.91 Å². The van der Waals surface area contributed by atoms with Crippen LogP contribution in [0.15, 0.2) is 0 Å². The van der Waals surface area contributed by atoms with Crippen LogP contribution < -0.4 is 27.0 Å². The molecule has 4 fully saturated rings. The number of fused-ring (bicyclic) bond motifs is 1. The van der Waals surface area contributed by atoms with Crippen LogP contribution in [0.3, 0.4) is 0 Å². The Morgan fingerprint density at radius 2 is 1.59 bits per heavy atom. The monoisotopic (exact) mass is 646 g/mol. The largest absolute Gasteiger partial charge is 0.444 e. The van der Waals surface area contributed by atoms with Gasteiger partial charge < -0.3 is 36.6 Å². The van der Waals surface area contributed by atoms with Crippen LogP contribution in [0.2, 0.25) is 0 Å². The summed E-state index contributed by atoms with van der Waals surface area (Å²) in [6.45, 7) is 11.5. The molecule has 3 aliphatic carbocycles. The first-order valence-electron chi connectivity index (χ1n) is 16.9. The van der Waals surface area contributed by atoms with Crippen LogP contribution in [0.1, 0.15) is 106 Å². The maximum absolute atomic E-state index is 14.2. The molecule has 3 saturated carbocycles. The molecule has 4 aliphatic rings. The summed E-state index contributed by atoms with van der Waals surface area (Å²) in [5.41, 5.74) is 3.24. The van der Waals surface area contributed by atoms with Crippen molar-refractivity contribution >= 4 is 35.6 Å². The summed E-state index contributed by atoms with van der Waals surface area (Å²) in [6.07, 6.45) is 7.58. The Morgan fingerprint density at radius 1 is 0.935 bits per heavy atom. The van der Waals surface area contributed by atoms with Gasteiger partial charge in [-0.2, -0.15) is 0 Å². The molecule has 0 aromatic heterocycles. The van der Waals surface area contributed by atoms with Crippen LogP contribution in [-0.4, -0.2) is 82.9 Å². The highest BCUT2D eigenvalue weighted by Crippen LogP contribution is 2.50. The van der Waals surface area contributed by atoms with Crippen molar-refractivity contribution in [1.29, 1.82) is 0 Å². The molecule has 4 rings (SSSR count). The molecule has 0 bridgehead atoms. The number of carbonyl (C=O) groups excluding carboxylic acids is 6. The molecule has 0 unspecified atom stereocenters. The minimum absolute atomic E-state index is 0.0455. The van der Waals surface area contributed by atoms with E-state index in [2.05, 4.69) is 21.3 Å². The molecule has 1 heterocycles. The fraction of sp³-hybridized carbons (Fsp3) is 0.818. The van der Waals surface area contributed by atoms with Gasteiger partial charge in [0.05, 0.1) is 11.6 Å². The lowest BCUT2D eigenvalue weighted by molar-refractivity contribution is -0.144. The van der Waals surface area contributed by atoms with Crippen LogP contribution in [0.4, 0.5) is 9.59 Å². The van der Waals surface area contributed by atoms with Gasteiger partial charge >= 0.3 is 12.1 Å². The number of nitrogens with one attached hydrogen (secondary N) is 4. The fourth-order valence-corrected chi connectivity index (χ4v) is 7.10. The van der Waals surface area contributed by atoms with E-state index in [1.54, 1.807) is 20.8 Å². The molecular formula is C33H54N6O7. The number of nitrogens with zero attached hydrogens (tertiary/aromatic N) is 1. The maximum Gasteiger partial charge on any atom is 0.407 e. The molecule has 0 aromatic rings. The van der Waals surface area contributed by atoms with Crippen molar-refractivity contribution in [3.8, 4) is 0 Å². The van der Waals surface area contributed by atoms with Gasteiger partial charge in [0.1, 0.15) is 17.7 Å². The van der Waals surface area contributed by atoms with Gasteiger partial charge in [0.2, 0.25) is 17.6 Å². The first-order chi connectivity index (χ1) is 21.4. The number of hydrogen-bond donors (Lipinski definition) is 5. The number of rotatable bonds is 11. The molecule has 5 atom stereocenters. The van der Waals surface area contributed by atoms with Gasteiger partial charge in [0.15, 0.2) is 0 Å². The third-order valence-corrected chi connectivity index (χ3v) is 9.92. The molecule has 6 amide bonds. The van der Waals surface area contributed by atoms with E-state index in [0.29, 0.717) is 25.8 Å². The number of hydrogen-bond acceptors (Lipinski definition) is 7. The number of piperidine rings is 1. The lowest BCUT2D eigenvalue weighted by Crippen LogP contribution is -2.64. The highest BCUT2D eigenvalue weighted by atomic mass is 16.6. The molecule has 0 aromatic carbocycles. The summed E-state index contributed by atoms with van der Waals surface area (Å²) >= 11 is 0. The summed E-state index contributed by atoms with van der Waals surface area (Å²) in [7, 11) is 0. The first-order valence-corrected chi connectivity index (χ1v) is 16.9. The van der Waals surface area contributed by atoms with E-state index < -0.39 is 64.4 Å². The van der Waals surface area contributed by atoms with E-state index >= 15 is 0 Å². The number of carbonyl (C=O) groups is 6. The minimum Gasteiger partial charge on any atom is -0.444 e. The van der Waals surface area contributed by atoms with Crippen LogP contribution in [-0.2, 0) is 23.9 Å². The number of urea groups is 1. The molecule has 0 spiro atoms. The Balaban J connectivity index is 1.45. The summed E-state index contributed by atoms with van der Waals surface area (Å²) < 4.78 is 5.39. The van der Waals surface area contributed by atoms with E-state index in [1.165, 1.54) is 4.90 Å². The zero-order valence-corrected chi connectivity index (χ0v) is 28.3. The lowest BCUT2D eigenvalue weighted by atomic mass is 9.80. The summed E-state index contributed by atoms with van der Waals surface area (Å²) in [5, 5.41) is 11.6. The average molecular weight is 647 g/mol. The van der Waals surface area contributed by atoms with Crippen molar-refractivity contribution in [1.82, 2.24) is 26.2 Å². The van der Waals surface area contributed by atoms with Gasteiger partial charge in [-0.15, -0.1) is 0 Å². The molecule has 13 nitrogen and oxygen atoms in total. The Labute approximate surface area is 272 Å². The summed E-state index contributed by atoms with van der Waals surface area (Å²) in [4.78, 5) is 79.8. The Hall–Kier alpha value is -3.38. The van der Waals surface area contributed by atoms with Gasteiger partial charge in [-0.3, -0.25) is 19.2 Å². The van der Waals surface area contributed by atoms with E-state index in [4.69, 9.17) is 10.5 Å². The quantitative estimate of drug-likeness (QED) is 0.213. The van der Waals surface area contributed by atoms with Gasteiger partial charge in [-0.05, 0) is 69.6 Å². The van der Waals surface area contributed by atoms with Crippen LogP contribution in [0.5, 0.6) is 0 Å². The van der Waals surface area contributed by atoms with Gasteiger partial charge in [-0.25, -0.2) is 9.59 Å². The number of alkyl carbamates (subject to hydrolysis) is 1. The van der Waals surface area contributed by atoms with E-state index in [1.807, 2.05) is 20.8 Å². The van der Waals surface area contributed by atoms with Crippen molar-refractivity contribution in [3.05, 3.63) is 0 Å². The first kappa shape index (κ1) is 35.5. The van der Waals surface area contributed by atoms with Gasteiger partial charge in [0, 0.05) is 13.1 Å². The van der Waals surface area contributed by atoms with Crippen LogP contribution in [0.25, 0.3) is 0 Å². The molecular weight excluding hydrogens is 592 g/mol. The number of ether oxygens (including phenoxy) is 1. The molecule has 1 aliphatic heterocycles. The van der Waals surface area contributed by atoms with E-state index in [0.717, 1.165) is 44.9 Å². The fourth-order valence-electron chi connectivity index (χ4n) is 7.10. The van der Waals surface area contributed by atoms with Crippen molar-refractivity contribution in [2.75, 3.05) is 13.1 Å². The summed E-state index contributed by atoms with van der Waals surface area (Å²) in [5.74, 6) is -2.41. The lowest BCUT2D eigenvalue weighted by Gasteiger charge is -2.40. The topological polar surface area (TPSA) is 189 Å².